The van der Waals surface area contributed by atoms with E-state index in [9.17, 15) is 14.7 Å². The molecule has 0 bridgehead atoms. The van der Waals surface area contributed by atoms with Crippen molar-refractivity contribution in [2.24, 2.45) is 0 Å². The Balaban J connectivity index is 1.93. The highest BCUT2D eigenvalue weighted by Crippen LogP contribution is 2.51. The van der Waals surface area contributed by atoms with Crippen LogP contribution in [0.15, 0.2) is 36.4 Å². The molecule has 1 amide bonds. The number of carboxylic acids is 1. The molecule has 2 heterocycles. The molecule has 3 aromatic rings. The topological polar surface area (TPSA) is 94.1 Å². The molecule has 1 aromatic heterocycles. The SMILES string of the molecule is COc1cc(C2CC(=O)Nc3c2sc(C(=O)O)c3-c2ccc(C)cc2)cc(OC)c1OC. The summed E-state index contributed by atoms with van der Waals surface area (Å²) in [5, 5.41) is 12.8. The molecule has 8 heteroatoms. The lowest BCUT2D eigenvalue weighted by Crippen LogP contribution is -2.22. The van der Waals surface area contributed by atoms with Crippen molar-refractivity contribution in [2.75, 3.05) is 26.6 Å². The molecule has 1 aliphatic rings. The van der Waals surface area contributed by atoms with E-state index in [1.807, 2.05) is 31.2 Å². The number of methoxy groups -OCH3 is 3. The van der Waals surface area contributed by atoms with Crippen LogP contribution in [0.5, 0.6) is 17.2 Å². The van der Waals surface area contributed by atoms with E-state index in [4.69, 9.17) is 14.2 Å². The second kappa shape index (κ2) is 8.55. The molecule has 0 saturated carbocycles. The van der Waals surface area contributed by atoms with Crippen LogP contribution in [-0.4, -0.2) is 38.3 Å². The highest BCUT2D eigenvalue weighted by molar-refractivity contribution is 7.15. The Morgan fingerprint density at radius 3 is 2.22 bits per heavy atom. The summed E-state index contributed by atoms with van der Waals surface area (Å²) in [4.78, 5) is 25.8. The highest BCUT2D eigenvalue weighted by atomic mass is 32.1. The third-order valence-corrected chi connectivity index (χ3v) is 6.82. The molecule has 166 valence electrons. The molecular formula is C24H23NO6S. The maximum atomic E-state index is 12.7. The second-order valence-electron chi connectivity index (χ2n) is 7.48. The van der Waals surface area contributed by atoms with Crippen molar-refractivity contribution in [1.29, 1.82) is 0 Å². The summed E-state index contributed by atoms with van der Waals surface area (Å²) in [6, 6.07) is 11.2. The van der Waals surface area contributed by atoms with Gasteiger partial charge in [-0.25, -0.2) is 4.79 Å². The number of aryl methyl sites for hydroxylation is 1. The predicted octanol–water partition coefficient (Wildman–Crippen LogP) is 4.92. The van der Waals surface area contributed by atoms with Crippen molar-refractivity contribution in [3.05, 3.63) is 57.3 Å². The minimum atomic E-state index is -1.03. The zero-order valence-electron chi connectivity index (χ0n) is 18.1. The highest BCUT2D eigenvalue weighted by Gasteiger charge is 2.35. The molecule has 1 unspecified atom stereocenters. The van der Waals surface area contributed by atoms with E-state index in [0.717, 1.165) is 21.6 Å². The summed E-state index contributed by atoms with van der Waals surface area (Å²) in [5.74, 6) is -0.157. The van der Waals surface area contributed by atoms with Crippen LogP contribution >= 0.6 is 11.3 Å². The van der Waals surface area contributed by atoms with Gasteiger partial charge in [0.25, 0.3) is 0 Å². The molecule has 0 spiro atoms. The van der Waals surface area contributed by atoms with Gasteiger partial charge >= 0.3 is 5.97 Å². The van der Waals surface area contributed by atoms with E-state index >= 15 is 0 Å². The predicted molar refractivity (Wildman–Crippen MR) is 123 cm³/mol. The van der Waals surface area contributed by atoms with Gasteiger partial charge in [0.15, 0.2) is 11.5 Å². The molecular weight excluding hydrogens is 430 g/mol. The lowest BCUT2D eigenvalue weighted by atomic mass is 9.88. The number of thiophene rings is 1. The number of benzene rings is 2. The molecule has 2 N–H and O–H groups in total. The van der Waals surface area contributed by atoms with Crippen LogP contribution in [0.1, 0.15) is 38.0 Å². The molecule has 32 heavy (non-hydrogen) atoms. The molecule has 2 aromatic carbocycles. The summed E-state index contributed by atoms with van der Waals surface area (Å²) in [7, 11) is 4.59. The average Bonchev–Trinajstić information content (AvgIpc) is 3.17. The van der Waals surface area contributed by atoms with Crippen molar-refractivity contribution >= 4 is 28.9 Å². The number of carbonyl (C=O) groups excluding carboxylic acids is 1. The first-order valence-corrected chi connectivity index (χ1v) is 10.8. The summed E-state index contributed by atoms with van der Waals surface area (Å²) in [5.41, 5.74) is 3.67. The van der Waals surface area contributed by atoms with Crippen LogP contribution in [-0.2, 0) is 4.79 Å². The average molecular weight is 454 g/mol. The van der Waals surface area contributed by atoms with Crippen molar-refractivity contribution < 1.29 is 28.9 Å². The van der Waals surface area contributed by atoms with Gasteiger partial charge in [-0.1, -0.05) is 29.8 Å². The van der Waals surface area contributed by atoms with Crippen molar-refractivity contribution in [3.8, 4) is 28.4 Å². The van der Waals surface area contributed by atoms with Gasteiger partial charge in [-0.3, -0.25) is 4.79 Å². The summed E-state index contributed by atoms with van der Waals surface area (Å²) < 4.78 is 16.4. The fourth-order valence-electron chi connectivity index (χ4n) is 4.00. The number of anilines is 1. The third-order valence-electron chi connectivity index (χ3n) is 5.53. The van der Waals surface area contributed by atoms with Crippen LogP contribution in [0.3, 0.4) is 0 Å². The third kappa shape index (κ3) is 3.67. The Labute approximate surface area is 189 Å². The van der Waals surface area contributed by atoms with E-state index in [1.54, 1.807) is 12.1 Å². The van der Waals surface area contributed by atoms with Gasteiger partial charge in [0.1, 0.15) is 4.88 Å². The summed E-state index contributed by atoms with van der Waals surface area (Å²) >= 11 is 1.18. The Kier molecular flexibility index (Phi) is 5.80. The van der Waals surface area contributed by atoms with Crippen molar-refractivity contribution in [1.82, 2.24) is 0 Å². The fourth-order valence-corrected chi connectivity index (χ4v) is 5.25. The lowest BCUT2D eigenvalue weighted by Gasteiger charge is -2.25. The number of nitrogens with one attached hydrogen (secondary N) is 1. The maximum absolute atomic E-state index is 12.7. The molecule has 1 atom stereocenters. The number of ether oxygens (including phenoxy) is 3. The largest absolute Gasteiger partial charge is 0.493 e. The first-order chi connectivity index (χ1) is 15.4. The zero-order chi connectivity index (χ0) is 23.0. The van der Waals surface area contributed by atoms with Gasteiger partial charge in [0.2, 0.25) is 11.7 Å². The monoisotopic (exact) mass is 453 g/mol. The quantitative estimate of drug-likeness (QED) is 0.550. The van der Waals surface area contributed by atoms with E-state index in [-0.39, 0.29) is 23.1 Å². The fraction of sp³-hybridized carbons (Fsp3) is 0.250. The number of amides is 1. The summed E-state index contributed by atoms with van der Waals surface area (Å²) in [6.07, 6.45) is 0.179. The van der Waals surface area contributed by atoms with Crippen LogP contribution < -0.4 is 19.5 Å². The maximum Gasteiger partial charge on any atom is 0.346 e. The molecule has 7 nitrogen and oxygen atoms in total. The number of carbonyl (C=O) groups is 2. The standard InChI is InChI=1S/C24H23NO6S/c1-12-5-7-13(8-6-12)19-20-22(32-23(19)24(27)28)15(11-18(26)25-20)14-9-16(29-2)21(31-4)17(10-14)30-3/h5-10,15H,11H2,1-4H3,(H,25,26)(H,27,28). The number of aromatic carboxylic acids is 1. The number of hydrogen-bond donors (Lipinski definition) is 2. The van der Waals surface area contributed by atoms with Crippen molar-refractivity contribution in [2.45, 2.75) is 19.3 Å². The van der Waals surface area contributed by atoms with Crippen LogP contribution in [0, 0.1) is 6.92 Å². The van der Waals surface area contributed by atoms with Gasteiger partial charge in [-0.15, -0.1) is 11.3 Å². The Morgan fingerprint density at radius 1 is 1.06 bits per heavy atom. The van der Waals surface area contributed by atoms with E-state index in [2.05, 4.69) is 5.32 Å². The molecule has 0 radical (unpaired) electrons. The van der Waals surface area contributed by atoms with E-state index in [1.165, 1.54) is 32.7 Å². The first-order valence-electron chi connectivity index (χ1n) is 9.94. The van der Waals surface area contributed by atoms with Gasteiger partial charge in [0, 0.05) is 22.8 Å². The number of carboxylic acid groups (broad SMARTS) is 1. The van der Waals surface area contributed by atoms with Crippen molar-refractivity contribution in [3.63, 3.8) is 0 Å². The molecule has 1 aliphatic heterocycles. The number of fused-ring (bicyclic) bond motifs is 1. The van der Waals surface area contributed by atoms with Crippen LogP contribution in [0.4, 0.5) is 5.69 Å². The smallest absolute Gasteiger partial charge is 0.346 e. The second-order valence-corrected chi connectivity index (χ2v) is 8.53. The lowest BCUT2D eigenvalue weighted by molar-refractivity contribution is -0.116. The Morgan fingerprint density at radius 2 is 1.69 bits per heavy atom. The molecule has 0 fully saturated rings. The number of hydrogen-bond acceptors (Lipinski definition) is 6. The first kappa shape index (κ1) is 21.7. The van der Waals surface area contributed by atoms with Gasteiger partial charge in [-0.05, 0) is 30.2 Å². The van der Waals surface area contributed by atoms with Crippen LogP contribution in [0.2, 0.25) is 0 Å². The van der Waals surface area contributed by atoms with E-state index < -0.39 is 5.97 Å². The molecule has 4 rings (SSSR count). The molecule has 0 saturated heterocycles. The Hall–Kier alpha value is -3.52. The minimum absolute atomic E-state index is 0.179. The van der Waals surface area contributed by atoms with E-state index in [0.29, 0.717) is 28.5 Å². The van der Waals surface area contributed by atoms with Crippen LogP contribution in [0.25, 0.3) is 11.1 Å². The minimum Gasteiger partial charge on any atom is -0.493 e. The summed E-state index contributed by atoms with van der Waals surface area (Å²) in [6.45, 7) is 1.97. The van der Waals surface area contributed by atoms with Gasteiger partial charge in [0.05, 0.1) is 27.0 Å². The Bertz CT molecular complexity index is 1170. The number of rotatable bonds is 6. The van der Waals surface area contributed by atoms with Gasteiger partial charge in [-0.2, -0.15) is 0 Å². The van der Waals surface area contributed by atoms with Gasteiger partial charge < -0.3 is 24.6 Å². The molecule has 0 aliphatic carbocycles. The normalized spacial score (nSPS) is 15.0. The zero-order valence-corrected chi connectivity index (χ0v) is 19.0.